The van der Waals surface area contributed by atoms with E-state index in [-0.39, 0.29) is 10.5 Å². The van der Waals surface area contributed by atoms with E-state index in [9.17, 15) is 8.42 Å². The first-order valence-electron chi connectivity index (χ1n) is 8.48. The van der Waals surface area contributed by atoms with E-state index in [0.29, 0.717) is 13.1 Å². The lowest BCUT2D eigenvalue weighted by atomic mass is 10.1. The van der Waals surface area contributed by atoms with Crippen LogP contribution in [0.4, 0.5) is 0 Å². The number of rotatable bonds is 5. The average Bonchev–Trinajstić information content (AvgIpc) is 2.67. The summed E-state index contributed by atoms with van der Waals surface area (Å²) in [6.45, 7) is 3.58. The van der Waals surface area contributed by atoms with Crippen molar-refractivity contribution in [3.8, 4) is 6.07 Å². The molecular weight excluding hydrogens is 334 g/mol. The predicted molar refractivity (Wildman–Crippen MR) is 95.6 cm³/mol. The third kappa shape index (κ3) is 4.07. The topological polar surface area (TPSA) is 65.6 Å². The molecule has 0 unspecified atom stereocenters. The molecule has 3 rings (SSSR count). The van der Waals surface area contributed by atoms with Crippen molar-refractivity contribution in [2.45, 2.75) is 11.3 Å². The summed E-state index contributed by atoms with van der Waals surface area (Å²) in [4.78, 5) is 1.54. The van der Waals surface area contributed by atoms with Gasteiger partial charge in [0.15, 0.2) is 0 Å². The Morgan fingerprint density at radius 1 is 1.00 bits per heavy atom. The number of nitrogens with zero attached hydrogens (tertiary/aromatic N) is 2. The minimum absolute atomic E-state index is 0.116. The first kappa shape index (κ1) is 17.6. The maximum Gasteiger partial charge on any atom is 0.244 e. The average molecular weight is 356 g/mol. The molecule has 1 N–H and O–H groups in total. The fraction of sp³-hybridized carbons (Fsp3) is 0.316. The minimum atomic E-state index is -3.60. The molecule has 1 aliphatic heterocycles. The summed E-state index contributed by atoms with van der Waals surface area (Å²) in [5.41, 5.74) is 1.52. The number of hydrogen-bond acceptors (Lipinski definition) is 3. The van der Waals surface area contributed by atoms with Crippen molar-refractivity contribution >= 4 is 10.0 Å². The molecule has 0 radical (unpaired) electrons. The zero-order chi connectivity index (χ0) is 17.7. The Morgan fingerprint density at radius 3 is 2.32 bits per heavy atom. The van der Waals surface area contributed by atoms with Gasteiger partial charge in [0.25, 0.3) is 0 Å². The smallest absolute Gasteiger partial charge is 0.244 e. The van der Waals surface area contributed by atoms with Crippen molar-refractivity contribution in [1.82, 2.24) is 4.31 Å². The largest absolute Gasteiger partial charge is 0.332 e. The number of hydrogen-bond donors (Lipinski definition) is 1. The molecule has 130 valence electrons. The molecule has 1 saturated heterocycles. The van der Waals surface area contributed by atoms with Gasteiger partial charge in [0, 0.05) is 6.42 Å². The second kappa shape index (κ2) is 7.79. The molecule has 2 aromatic carbocycles. The van der Waals surface area contributed by atoms with Crippen LogP contribution in [0.2, 0.25) is 0 Å². The van der Waals surface area contributed by atoms with Crippen LogP contribution < -0.4 is 4.90 Å². The number of nitrogens with one attached hydrogen (secondary N) is 1. The molecule has 0 aromatic heterocycles. The van der Waals surface area contributed by atoms with Gasteiger partial charge in [0.1, 0.15) is 6.07 Å². The summed E-state index contributed by atoms with van der Waals surface area (Å²) < 4.78 is 27.1. The lowest BCUT2D eigenvalue weighted by Gasteiger charge is -2.31. The standard InChI is InChI=1S/C19H21N3O2S/c20-16-18-8-4-5-9-19(18)25(23,24)22-14-12-21(13-15-22)11-10-17-6-2-1-3-7-17/h1-9H,10-15H2/p+1. The Hall–Kier alpha value is -2.20. The fourth-order valence-corrected chi connectivity index (χ4v) is 4.77. The number of nitriles is 1. The first-order valence-corrected chi connectivity index (χ1v) is 9.92. The van der Waals surface area contributed by atoms with Gasteiger partial charge in [-0.15, -0.1) is 0 Å². The lowest BCUT2D eigenvalue weighted by molar-refractivity contribution is -0.903. The highest BCUT2D eigenvalue weighted by molar-refractivity contribution is 7.89. The van der Waals surface area contributed by atoms with Crippen molar-refractivity contribution in [3.05, 3.63) is 65.7 Å². The molecule has 2 aromatic rings. The Morgan fingerprint density at radius 2 is 1.64 bits per heavy atom. The molecule has 25 heavy (non-hydrogen) atoms. The number of piperazine rings is 1. The summed E-state index contributed by atoms with van der Waals surface area (Å²) in [6, 6.07) is 18.7. The highest BCUT2D eigenvalue weighted by Crippen LogP contribution is 2.19. The van der Waals surface area contributed by atoms with Crippen molar-refractivity contribution in [3.63, 3.8) is 0 Å². The van der Waals surface area contributed by atoms with Crippen molar-refractivity contribution in [2.24, 2.45) is 0 Å². The summed E-state index contributed by atoms with van der Waals surface area (Å²) in [5, 5.41) is 9.16. The molecule has 0 saturated carbocycles. The normalized spacial score (nSPS) is 16.4. The van der Waals surface area contributed by atoms with Gasteiger partial charge >= 0.3 is 0 Å². The number of sulfonamides is 1. The Labute approximate surface area is 149 Å². The monoisotopic (exact) mass is 356 g/mol. The molecule has 1 aliphatic rings. The second-order valence-corrected chi connectivity index (χ2v) is 8.15. The van der Waals surface area contributed by atoms with Crippen LogP contribution in [0.5, 0.6) is 0 Å². The SMILES string of the molecule is N#Cc1ccccc1S(=O)(=O)N1CC[NH+](CCc2ccccc2)CC1. The summed E-state index contributed by atoms with van der Waals surface area (Å²) in [6.07, 6.45) is 1.00. The lowest BCUT2D eigenvalue weighted by Crippen LogP contribution is -3.15. The Bertz CT molecular complexity index is 852. The highest BCUT2D eigenvalue weighted by Gasteiger charge is 2.31. The predicted octanol–water partition coefficient (Wildman–Crippen LogP) is 0.690. The zero-order valence-electron chi connectivity index (χ0n) is 14.1. The van der Waals surface area contributed by atoms with E-state index in [2.05, 4.69) is 12.1 Å². The van der Waals surface area contributed by atoms with Crippen LogP contribution in [-0.2, 0) is 16.4 Å². The van der Waals surface area contributed by atoms with E-state index in [0.717, 1.165) is 26.1 Å². The van der Waals surface area contributed by atoms with E-state index >= 15 is 0 Å². The van der Waals surface area contributed by atoms with Crippen LogP contribution in [0.25, 0.3) is 0 Å². The van der Waals surface area contributed by atoms with Crippen LogP contribution >= 0.6 is 0 Å². The van der Waals surface area contributed by atoms with Gasteiger partial charge in [-0.25, -0.2) is 8.42 Å². The molecule has 1 heterocycles. The fourth-order valence-electron chi connectivity index (χ4n) is 3.18. The van der Waals surface area contributed by atoms with Crippen molar-refractivity contribution in [2.75, 3.05) is 32.7 Å². The summed E-state index contributed by atoms with van der Waals surface area (Å²) in [7, 11) is -3.60. The van der Waals surface area contributed by atoms with Gasteiger partial charge < -0.3 is 4.90 Å². The van der Waals surface area contributed by atoms with Gasteiger partial charge in [0.2, 0.25) is 10.0 Å². The first-order chi connectivity index (χ1) is 12.1. The molecular formula is C19H22N3O2S+. The Kier molecular flexibility index (Phi) is 5.49. The minimum Gasteiger partial charge on any atom is -0.332 e. The van der Waals surface area contributed by atoms with Crippen LogP contribution in [0.15, 0.2) is 59.5 Å². The van der Waals surface area contributed by atoms with Crippen molar-refractivity contribution in [1.29, 1.82) is 5.26 Å². The molecule has 0 atom stereocenters. The quantitative estimate of drug-likeness (QED) is 0.857. The molecule has 5 nitrogen and oxygen atoms in total. The molecule has 0 amide bonds. The molecule has 0 bridgehead atoms. The number of quaternary nitrogens is 1. The Balaban J connectivity index is 1.61. The van der Waals surface area contributed by atoms with Crippen LogP contribution in [0.1, 0.15) is 11.1 Å². The summed E-state index contributed by atoms with van der Waals surface area (Å²) in [5.74, 6) is 0. The third-order valence-electron chi connectivity index (χ3n) is 4.66. The van der Waals surface area contributed by atoms with E-state index in [1.54, 1.807) is 18.2 Å². The van der Waals surface area contributed by atoms with E-state index < -0.39 is 10.0 Å². The van der Waals surface area contributed by atoms with Crippen LogP contribution in [0, 0.1) is 11.3 Å². The molecule has 1 fully saturated rings. The van der Waals surface area contributed by atoms with Gasteiger partial charge in [-0.1, -0.05) is 42.5 Å². The van der Waals surface area contributed by atoms with Gasteiger partial charge in [-0.3, -0.25) is 0 Å². The van der Waals surface area contributed by atoms with E-state index in [4.69, 9.17) is 5.26 Å². The van der Waals surface area contributed by atoms with Crippen LogP contribution in [0.3, 0.4) is 0 Å². The van der Waals surface area contributed by atoms with E-state index in [1.165, 1.54) is 20.8 Å². The number of benzene rings is 2. The van der Waals surface area contributed by atoms with Gasteiger partial charge in [-0.2, -0.15) is 9.57 Å². The molecule has 6 heteroatoms. The molecule has 0 aliphatic carbocycles. The van der Waals surface area contributed by atoms with Crippen molar-refractivity contribution < 1.29 is 13.3 Å². The summed E-state index contributed by atoms with van der Waals surface area (Å²) >= 11 is 0. The maximum absolute atomic E-state index is 12.8. The van der Waals surface area contributed by atoms with E-state index in [1.807, 2.05) is 24.3 Å². The van der Waals surface area contributed by atoms with Gasteiger partial charge in [0.05, 0.1) is 43.2 Å². The zero-order valence-corrected chi connectivity index (χ0v) is 14.9. The van der Waals surface area contributed by atoms with Gasteiger partial charge in [-0.05, 0) is 17.7 Å². The second-order valence-electron chi connectivity index (χ2n) is 6.25. The molecule has 0 spiro atoms. The highest BCUT2D eigenvalue weighted by atomic mass is 32.2. The van der Waals surface area contributed by atoms with Crippen LogP contribution in [-0.4, -0.2) is 45.4 Å². The third-order valence-corrected chi connectivity index (χ3v) is 6.62. The maximum atomic E-state index is 12.8.